The number of anilines is 1. The molecule has 4 rings (SSSR count). The molecule has 1 fully saturated rings. The molecule has 152 valence electrons. The highest BCUT2D eigenvalue weighted by molar-refractivity contribution is 5.93. The van der Waals surface area contributed by atoms with Gasteiger partial charge in [-0.25, -0.2) is 9.97 Å². The summed E-state index contributed by atoms with van der Waals surface area (Å²) in [7, 11) is 7.01. The third kappa shape index (κ3) is 3.65. The van der Waals surface area contributed by atoms with Gasteiger partial charge in [0.2, 0.25) is 5.75 Å². The molecule has 29 heavy (non-hydrogen) atoms. The van der Waals surface area contributed by atoms with Crippen LogP contribution in [-0.4, -0.2) is 69.4 Å². The van der Waals surface area contributed by atoms with Crippen LogP contribution < -0.4 is 19.1 Å². The van der Waals surface area contributed by atoms with Crippen molar-refractivity contribution >= 4 is 16.7 Å². The molecule has 1 aromatic heterocycles. The normalized spacial score (nSPS) is 14.8. The van der Waals surface area contributed by atoms with Crippen molar-refractivity contribution in [2.24, 2.45) is 0 Å². The van der Waals surface area contributed by atoms with E-state index < -0.39 is 0 Å². The molecule has 2 aromatic carbocycles. The molecule has 0 unspecified atom stereocenters. The first-order chi connectivity index (χ1) is 14.1. The van der Waals surface area contributed by atoms with Crippen molar-refractivity contribution in [3.8, 4) is 28.4 Å². The highest BCUT2D eigenvalue weighted by atomic mass is 16.5. The maximum Gasteiger partial charge on any atom is 0.203 e. The van der Waals surface area contributed by atoms with E-state index in [1.807, 2.05) is 18.2 Å². The Balaban J connectivity index is 1.81. The van der Waals surface area contributed by atoms with Gasteiger partial charge in [0.25, 0.3) is 0 Å². The van der Waals surface area contributed by atoms with E-state index >= 15 is 0 Å². The summed E-state index contributed by atoms with van der Waals surface area (Å²) in [5.41, 5.74) is 2.96. The first-order valence-corrected chi connectivity index (χ1v) is 9.63. The summed E-state index contributed by atoms with van der Waals surface area (Å²) in [6.45, 7) is 3.96. The zero-order chi connectivity index (χ0) is 20.4. The van der Waals surface area contributed by atoms with E-state index in [4.69, 9.17) is 14.2 Å². The van der Waals surface area contributed by atoms with Crippen LogP contribution in [-0.2, 0) is 0 Å². The van der Waals surface area contributed by atoms with Crippen molar-refractivity contribution in [2.75, 3.05) is 59.5 Å². The Morgan fingerprint density at radius 3 is 2.10 bits per heavy atom. The third-order valence-corrected chi connectivity index (χ3v) is 5.42. The molecule has 0 bridgehead atoms. The number of hydrogen-bond donors (Lipinski definition) is 0. The fourth-order valence-electron chi connectivity index (χ4n) is 3.74. The first-order valence-electron chi connectivity index (χ1n) is 9.63. The predicted molar refractivity (Wildman–Crippen MR) is 114 cm³/mol. The quantitative estimate of drug-likeness (QED) is 0.659. The molecule has 0 N–H and O–H groups in total. The number of benzene rings is 2. The molecular formula is C22H26N4O3. The van der Waals surface area contributed by atoms with Gasteiger partial charge < -0.3 is 24.0 Å². The molecule has 0 saturated carbocycles. The minimum atomic E-state index is 0.584. The predicted octanol–water partition coefficient (Wildman–Crippen LogP) is 3.07. The Morgan fingerprint density at radius 1 is 0.793 bits per heavy atom. The molecule has 0 amide bonds. The van der Waals surface area contributed by atoms with Crippen LogP contribution in [0.15, 0.2) is 36.7 Å². The second-order valence-electron chi connectivity index (χ2n) is 7.13. The highest BCUT2D eigenvalue weighted by Crippen LogP contribution is 2.41. The van der Waals surface area contributed by atoms with Gasteiger partial charge in [0.1, 0.15) is 12.1 Å². The van der Waals surface area contributed by atoms with Crippen LogP contribution in [0.25, 0.3) is 22.0 Å². The summed E-state index contributed by atoms with van der Waals surface area (Å²) in [6.07, 6.45) is 1.65. The van der Waals surface area contributed by atoms with Gasteiger partial charge in [0.05, 0.1) is 26.8 Å². The minimum Gasteiger partial charge on any atom is -0.493 e. The number of nitrogens with zero attached hydrogens (tertiary/aromatic N) is 4. The van der Waals surface area contributed by atoms with Gasteiger partial charge >= 0.3 is 0 Å². The van der Waals surface area contributed by atoms with E-state index in [2.05, 4.69) is 38.9 Å². The number of piperazine rings is 1. The Hall–Kier alpha value is -3.06. The SMILES string of the molecule is COc1cc(-c2ccc3ncnc(N4CCN(C)CC4)c3c2)cc(OC)c1OC. The summed E-state index contributed by atoms with van der Waals surface area (Å²) < 4.78 is 16.5. The molecule has 0 atom stereocenters. The number of aromatic nitrogens is 2. The lowest BCUT2D eigenvalue weighted by atomic mass is 10.0. The number of ether oxygens (including phenoxy) is 3. The lowest BCUT2D eigenvalue weighted by Crippen LogP contribution is -2.44. The fraction of sp³-hybridized carbons (Fsp3) is 0.364. The van der Waals surface area contributed by atoms with Crippen LogP contribution in [0, 0.1) is 0 Å². The maximum absolute atomic E-state index is 5.51. The first kappa shape index (κ1) is 19.3. The smallest absolute Gasteiger partial charge is 0.203 e. The average Bonchev–Trinajstić information content (AvgIpc) is 2.77. The van der Waals surface area contributed by atoms with Crippen LogP contribution in [0.3, 0.4) is 0 Å². The number of methoxy groups -OCH3 is 3. The highest BCUT2D eigenvalue weighted by Gasteiger charge is 2.19. The standard InChI is InChI=1S/C22H26N4O3/c1-25-7-9-26(10-8-25)22-17-11-15(5-6-18(17)23-14-24-22)16-12-19(27-2)21(29-4)20(13-16)28-3/h5-6,11-14H,7-10H2,1-4H3. The Labute approximate surface area is 170 Å². The average molecular weight is 394 g/mol. The minimum absolute atomic E-state index is 0.584. The van der Waals surface area contributed by atoms with E-state index in [0.29, 0.717) is 17.2 Å². The van der Waals surface area contributed by atoms with Gasteiger partial charge in [-0.3, -0.25) is 0 Å². The summed E-state index contributed by atoms with van der Waals surface area (Å²) in [6, 6.07) is 10.2. The van der Waals surface area contributed by atoms with Crippen molar-refractivity contribution in [2.45, 2.75) is 0 Å². The largest absolute Gasteiger partial charge is 0.493 e. The van der Waals surface area contributed by atoms with Crippen molar-refractivity contribution in [1.29, 1.82) is 0 Å². The molecule has 0 radical (unpaired) electrons. The van der Waals surface area contributed by atoms with Crippen LogP contribution in [0.4, 0.5) is 5.82 Å². The second kappa shape index (κ2) is 8.13. The van der Waals surface area contributed by atoms with Crippen molar-refractivity contribution in [3.63, 3.8) is 0 Å². The van der Waals surface area contributed by atoms with Gasteiger partial charge in [-0.05, 0) is 42.4 Å². The monoisotopic (exact) mass is 394 g/mol. The summed E-state index contributed by atoms with van der Waals surface area (Å²) in [4.78, 5) is 13.7. The lowest BCUT2D eigenvalue weighted by molar-refractivity contribution is 0.312. The maximum atomic E-state index is 5.51. The van der Waals surface area contributed by atoms with E-state index in [1.165, 1.54) is 0 Å². The number of hydrogen-bond acceptors (Lipinski definition) is 7. The van der Waals surface area contributed by atoms with Gasteiger partial charge in [-0.15, -0.1) is 0 Å². The Morgan fingerprint density at radius 2 is 1.48 bits per heavy atom. The van der Waals surface area contributed by atoms with Gasteiger partial charge in [0.15, 0.2) is 11.5 Å². The fourth-order valence-corrected chi connectivity index (χ4v) is 3.74. The van der Waals surface area contributed by atoms with Crippen LogP contribution in [0.2, 0.25) is 0 Å². The number of likely N-dealkylation sites (N-methyl/N-ethyl adjacent to an activating group) is 1. The summed E-state index contributed by atoms with van der Waals surface area (Å²) >= 11 is 0. The lowest BCUT2D eigenvalue weighted by Gasteiger charge is -2.33. The van der Waals surface area contributed by atoms with E-state index in [0.717, 1.165) is 54.0 Å². The summed E-state index contributed by atoms with van der Waals surface area (Å²) in [5.74, 6) is 2.83. The van der Waals surface area contributed by atoms with E-state index in [1.54, 1.807) is 27.7 Å². The summed E-state index contributed by atoms with van der Waals surface area (Å²) in [5, 5.41) is 1.04. The topological polar surface area (TPSA) is 60.0 Å². The number of fused-ring (bicyclic) bond motifs is 1. The van der Waals surface area contributed by atoms with E-state index in [-0.39, 0.29) is 0 Å². The van der Waals surface area contributed by atoms with Crippen LogP contribution in [0.1, 0.15) is 0 Å². The third-order valence-electron chi connectivity index (χ3n) is 5.42. The van der Waals surface area contributed by atoms with Crippen molar-refractivity contribution in [1.82, 2.24) is 14.9 Å². The Bertz CT molecular complexity index is 991. The van der Waals surface area contributed by atoms with Crippen LogP contribution in [0.5, 0.6) is 17.2 Å². The number of rotatable bonds is 5. The molecule has 1 aliphatic rings. The van der Waals surface area contributed by atoms with Gasteiger partial charge in [-0.2, -0.15) is 0 Å². The molecule has 1 aliphatic heterocycles. The van der Waals surface area contributed by atoms with Crippen molar-refractivity contribution in [3.05, 3.63) is 36.7 Å². The van der Waals surface area contributed by atoms with Crippen molar-refractivity contribution < 1.29 is 14.2 Å². The Kier molecular flexibility index (Phi) is 5.40. The zero-order valence-electron chi connectivity index (χ0n) is 17.3. The van der Waals surface area contributed by atoms with Gasteiger partial charge in [0, 0.05) is 31.6 Å². The van der Waals surface area contributed by atoms with Gasteiger partial charge in [-0.1, -0.05) is 6.07 Å². The van der Waals surface area contributed by atoms with E-state index in [9.17, 15) is 0 Å². The molecule has 7 nitrogen and oxygen atoms in total. The molecule has 3 aromatic rings. The molecule has 0 spiro atoms. The molecule has 2 heterocycles. The second-order valence-corrected chi connectivity index (χ2v) is 7.13. The molecular weight excluding hydrogens is 368 g/mol. The molecule has 0 aliphatic carbocycles. The van der Waals surface area contributed by atoms with Crippen LogP contribution >= 0.6 is 0 Å². The zero-order valence-corrected chi connectivity index (χ0v) is 17.3. The molecule has 1 saturated heterocycles. The molecule has 7 heteroatoms.